The number of piperazine rings is 1. The van der Waals surface area contributed by atoms with Crippen molar-refractivity contribution in [3.05, 3.63) is 211 Å². The molecule has 6 unspecified atom stereocenters. The Bertz CT molecular complexity index is 3760. The number of carbonyl (C=O) groups excluding carboxylic acids is 8. The average molecular weight is 1590 g/mol. The molecule has 4 aliphatic carbocycles. The number of hydrogen-bond donors (Lipinski definition) is 3. The van der Waals surface area contributed by atoms with E-state index in [-0.39, 0.29) is 127 Å². The average Bonchev–Trinajstić information content (AvgIpc) is 0.775. The number of ketones is 5. The molecule has 1 aliphatic heterocycles. The van der Waals surface area contributed by atoms with E-state index in [1.807, 2.05) is 91.0 Å². The van der Waals surface area contributed by atoms with Crippen molar-refractivity contribution >= 4 is 105 Å². The van der Waals surface area contributed by atoms with Crippen LogP contribution in [0.5, 0.6) is 0 Å². The number of halogens is 2. The molecule has 1 saturated carbocycles. The molecule has 1 heterocycles. The molecule has 10 rings (SSSR count). The minimum atomic E-state index is -2.60. The molecule has 0 radical (unpaired) electrons. The Morgan fingerprint density at radius 3 is 1.68 bits per heavy atom. The van der Waals surface area contributed by atoms with Crippen LogP contribution < -0.4 is 29.6 Å². The van der Waals surface area contributed by atoms with Gasteiger partial charge < -0.3 is 35.5 Å². The molecule has 5 aromatic rings. The minimum Gasteiger partial charge on any atom is -1.00 e. The molecule has 5 aliphatic rings. The third-order valence-corrected chi connectivity index (χ3v) is 20.6. The molecule has 2 fully saturated rings. The Kier molecular flexibility index (Phi) is 44.9. The summed E-state index contributed by atoms with van der Waals surface area (Å²) in [6.07, 6.45) is 18.2. The van der Waals surface area contributed by atoms with Crippen LogP contribution >= 0.6 is 39.2 Å². The van der Waals surface area contributed by atoms with Crippen LogP contribution in [0.15, 0.2) is 171 Å². The van der Waals surface area contributed by atoms with Gasteiger partial charge in [-0.15, -0.1) is 6.58 Å². The maximum atomic E-state index is 12.7. The number of aliphatic hydroxyl groups excluding tert-OH is 3. The first-order valence-electron chi connectivity index (χ1n) is 35.3. The number of carbonyl (C=O) groups is 8. The van der Waals surface area contributed by atoms with Crippen LogP contribution in [0, 0.1) is 11.8 Å². The Hall–Kier alpha value is -6.52. The number of aldehydes is 1. The van der Waals surface area contributed by atoms with Gasteiger partial charge in [0.15, 0.2) is 12.1 Å². The molecule has 558 valence electrons. The zero-order chi connectivity index (χ0) is 75.7. The Balaban J connectivity index is 0.000000437. The van der Waals surface area contributed by atoms with Gasteiger partial charge in [0.05, 0.1) is 57.2 Å². The second kappa shape index (κ2) is 50.9. The van der Waals surface area contributed by atoms with Crippen molar-refractivity contribution in [2.45, 2.75) is 130 Å². The van der Waals surface area contributed by atoms with Crippen LogP contribution in [0.2, 0.25) is 0 Å². The molecular weight excluding hydrogens is 1480 g/mol. The van der Waals surface area contributed by atoms with Gasteiger partial charge in [-0.2, -0.15) is 0 Å². The maximum Gasteiger partial charge on any atom is 1.00 e. The van der Waals surface area contributed by atoms with Crippen LogP contribution in [0.25, 0.3) is 12.2 Å². The summed E-state index contributed by atoms with van der Waals surface area (Å²) in [5, 5.41) is 28.3. The number of benzene rings is 5. The predicted molar refractivity (Wildman–Crippen MR) is 417 cm³/mol. The Labute approximate surface area is 655 Å². The summed E-state index contributed by atoms with van der Waals surface area (Å²) >= 11 is 6.61. The number of Topliss-reactive ketones (excluding diaryl/α,β-unsaturated/α-hetero) is 5. The molecule has 0 amide bonds. The number of fused-ring (bicyclic) bond motifs is 6. The van der Waals surface area contributed by atoms with Crippen molar-refractivity contribution in [1.29, 1.82) is 0 Å². The zero-order valence-electron chi connectivity index (χ0n) is 62.7. The monoisotopic (exact) mass is 1580 g/mol. The summed E-state index contributed by atoms with van der Waals surface area (Å²) in [4.78, 5) is 99.0. The van der Waals surface area contributed by atoms with Crippen molar-refractivity contribution in [3.8, 4) is 0 Å². The van der Waals surface area contributed by atoms with Gasteiger partial charge in [-0.05, 0) is 150 Å². The standard InChI is InChI=1S/C23H31N3O3.C16H20O3.C14H14O2.C11H11BrO2.C7H5BrO.C6H13O3P.C5H10O.Na.H/c27-14-13-26-11-9-25(10-12-26)8-7-24-16-21-22(28)15-20-18-4-2-1-3-17(18)5-6-19(20)23(21)29;1-3-19-16(18)12-11-15-9-5-4-8-14(15)10-6-7-13(2)17;15-10-7-13-11-4-2-1-3-9(11)5-6-12(13)14(16)8-10;1-2-14-11(13)8-7-9-5-3-4-6-10(9)12;8-7-4-2-1-3-6(7)5-9;1-4-9-10(3,8)5-6(2)7;1-3-4-5(2)6;;/h1-4,16,19-20,27,29H,5-15H2;4-5,8-9,11-12H,3,6-7,10H2,1-2H3;1-4,12-13H,5-8H2;3-8H,2H2,1H3;1-5H;4-5H2,1-3H3;3,5-6H,1,4H2,2H3;;/q;;;;;;;+1;-1/b;12-11+;;8-7+;;;;;. The number of esters is 2. The molecule has 18 nitrogen and oxygen atoms in total. The summed E-state index contributed by atoms with van der Waals surface area (Å²) in [5.41, 5.74) is 9.30. The largest absolute Gasteiger partial charge is 1.00 e. The predicted octanol–water partition coefficient (Wildman–Crippen LogP) is 12.1. The van der Waals surface area contributed by atoms with Gasteiger partial charge in [0.25, 0.3) is 0 Å². The van der Waals surface area contributed by atoms with Gasteiger partial charge in [0, 0.05) is 122 Å². The molecule has 3 N–H and O–H groups in total. The maximum absolute atomic E-state index is 12.7. The quantitative estimate of drug-likeness (QED) is 0.00802. The Morgan fingerprint density at radius 1 is 0.692 bits per heavy atom. The van der Waals surface area contributed by atoms with E-state index < -0.39 is 7.37 Å². The summed E-state index contributed by atoms with van der Waals surface area (Å²) in [5.74, 6) is 0.389. The van der Waals surface area contributed by atoms with Crippen LogP contribution in [0.4, 0.5) is 0 Å². The molecule has 104 heavy (non-hydrogen) atoms. The minimum absolute atomic E-state index is 0. The smallest absolute Gasteiger partial charge is 1.00 e. The summed E-state index contributed by atoms with van der Waals surface area (Å²) in [6.45, 7) is 22.5. The van der Waals surface area contributed by atoms with Crippen molar-refractivity contribution < 1.29 is 103 Å². The molecule has 22 heteroatoms. The SMILES string of the molecule is C=CCC(C)O.CCOC(=O)/C=C/c1ccccc1Br.CCOC(=O)/C=C/c1ccccc1CCCC(C)=O.CCOP(C)(=O)CC(C)=O.O=C1CC(=O)C2CCc3ccccc3C2C1.O=C1CC2c3ccccc3CCC2C(O)=C1C=NCCN1CCN(CCO)CC1.O=Cc1ccccc1Br.[H-].[Na+]. The van der Waals surface area contributed by atoms with Gasteiger partial charge in [-0.3, -0.25) is 43.3 Å². The van der Waals surface area contributed by atoms with Crippen LogP contribution in [0.3, 0.4) is 0 Å². The first kappa shape index (κ1) is 91.7. The summed E-state index contributed by atoms with van der Waals surface area (Å²) in [6, 6.07) is 39.4. The number of β-amino-alcohol motifs (C(OH)–C–C–N with tert-alkyl or cyclic N) is 1. The fourth-order valence-electron chi connectivity index (χ4n) is 12.4. The summed E-state index contributed by atoms with van der Waals surface area (Å²) < 4.78 is 27.5. The number of rotatable bonds is 23. The number of aryl methyl sites for hydroxylation is 3. The third-order valence-electron chi connectivity index (χ3n) is 17.3. The van der Waals surface area contributed by atoms with Gasteiger partial charge >= 0.3 is 41.5 Å². The van der Waals surface area contributed by atoms with Gasteiger partial charge in [0.1, 0.15) is 28.9 Å². The van der Waals surface area contributed by atoms with Crippen molar-refractivity contribution in [1.82, 2.24) is 9.80 Å². The summed E-state index contributed by atoms with van der Waals surface area (Å²) in [7, 11) is -2.60. The van der Waals surface area contributed by atoms with E-state index >= 15 is 0 Å². The van der Waals surface area contributed by atoms with E-state index in [1.54, 1.807) is 65.1 Å². The molecule has 0 spiro atoms. The van der Waals surface area contributed by atoms with Crippen LogP contribution in [-0.2, 0) is 71.4 Å². The third kappa shape index (κ3) is 33.9. The molecular formula is C82H105Br2N3NaO15P. The van der Waals surface area contributed by atoms with E-state index in [0.29, 0.717) is 63.2 Å². The number of aliphatic hydroxyl groups is 3. The normalized spacial score (nSPS) is 18.1. The number of nitrogens with zero attached hydrogens (tertiary/aromatic N) is 3. The second-order valence-electron chi connectivity index (χ2n) is 25.4. The fraction of sp³-hybridized carbons (Fsp3) is 0.427. The van der Waals surface area contributed by atoms with Crippen LogP contribution in [0.1, 0.15) is 155 Å². The van der Waals surface area contributed by atoms with Gasteiger partial charge in [-0.25, -0.2) is 9.59 Å². The van der Waals surface area contributed by atoms with E-state index in [1.165, 1.54) is 48.0 Å². The number of ether oxygens (including phenoxy) is 2. The van der Waals surface area contributed by atoms with Crippen molar-refractivity contribution in [2.24, 2.45) is 16.8 Å². The van der Waals surface area contributed by atoms with Gasteiger partial charge in [0.2, 0.25) is 7.37 Å². The molecule has 6 atom stereocenters. The van der Waals surface area contributed by atoms with E-state index in [0.717, 1.165) is 110 Å². The number of allylic oxidation sites excluding steroid dienone is 2. The first-order chi connectivity index (χ1) is 49.4. The molecule has 0 bridgehead atoms. The topological polar surface area (TPSA) is 261 Å². The van der Waals surface area contributed by atoms with E-state index in [2.05, 4.69) is 77.5 Å². The second-order valence-corrected chi connectivity index (χ2v) is 29.7. The van der Waals surface area contributed by atoms with Gasteiger partial charge in [-0.1, -0.05) is 147 Å². The van der Waals surface area contributed by atoms with E-state index in [9.17, 15) is 48.0 Å². The molecule has 5 aromatic carbocycles. The Morgan fingerprint density at radius 2 is 1.19 bits per heavy atom. The van der Waals surface area contributed by atoms with Crippen LogP contribution in [-0.4, -0.2) is 170 Å². The van der Waals surface area contributed by atoms with Crippen molar-refractivity contribution in [3.63, 3.8) is 0 Å². The zero-order valence-corrected chi connectivity index (χ0v) is 67.8. The number of hydrogen-bond acceptors (Lipinski definition) is 18. The first-order valence-corrected chi connectivity index (χ1v) is 39.2. The van der Waals surface area contributed by atoms with E-state index in [4.69, 9.17) is 24.2 Å². The fourth-order valence-corrected chi connectivity index (χ4v) is 14.6. The van der Waals surface area contributed by atoms with Crippen molar-refractivity contribution in [2.75, 3.05) is 85.1 Å². The number of aliphatic imine (C=N–C) groups is 1. The molecule has 0 aromatic heterocycles. The molecule has 1 saturated heterocycles.